The summed E-state index contributed by atoms with van der Waals surface area (Å²) in [7, 11) is 0. The summed E-state index contributed by atoms with van der Waals surface area (Å²) in [5, 5.41) is 11.7. The minimum Gasteiger partial charge on any atom is -0.491 e. The first-order chi connectivity index (χ1) is 8.70. The molecule has 1 saturated heterocycles. The van der Waals surface area contributed by atoms with Crippen LogP contribution in [0.3, 0.4) is 0 Å². The molecule has 2 rings (SSSR count). The molecular formula is C12H11NO2S3. The highest BCUT2D eigenvalue weighted by molar-refractivity contribution is 8.27. The van der Waals surface area contributed by atoms with Gasteiger partial charge in [0.1, 0.15) is 21.7 Å². The van der Waals surface area contributed by atoms with E-state index in [9.17, 15) is 0 Å². The number of nitrogens with one attached hydrogen (secondary N) is 1. The number of aliphatic hydroxyl groups excluding tert-OH is 1. The first-order valence-electron chi connectivity index (χ1n) is 5.28. The van der Waals surface area contributed by atoms with Crippen LogP contribution in [0.15, 0.2) is 29.2 Å². The minimum atomic E-state index is -0.0102. The van der Waals surface area contributed by atoms with Crippen molar-refractivity contribution in [3.63, 3.8) is 0 Å². The van der Waals surface area contributed by atoms with Gasteiger partial charge in [0.05, 0.1) is 11.5 Å². The first-order valence-corrected chi connectivity index (χ1v) is 6.91. The van der Waals surface area contributed by atoms with Gasteiger partial charge in [0.15, 0.2) is 0 Å². The smallest absolute Gasteiger partial charge is 0.143 e. The maximum absolute atomic E-state index is 8.79. The summed E-state index contributed by atoms with van der Waals surface area (Å²) in [5.41, 5.74) is 0.919. The Hall–Kier alpha value is -0.950. The van der Waals surface area contributed by atoms with Gasteiger partial charge in [-0.05, 0) is 12.1 Å². The van der Waals surface area contributed by atoms with E-state index < -0.39 is 0 Å². The zero-order chi connectivity index (χ0) is 13.0. The van der Waals surface area contributed by atoms with Gasteiger partial charge < -0.3 is 15.2 Å². The standard InChI is InChI=1S/C12H11NO2S3/c14-5-6-15-9-4-2-1-3-8(9)7-10-11(16)13-12(17)18-10/h1-4,7,14H,5-6H2,(H,13,16,17). The molecule has 0 saturated carbocycles. The van der Waals surface area contributed by atoms with E-state index in [4.69, 9.17) is 34.3 Å². The molecule has 3 nitrogen and oxygen atoms in total. The van der Waals surface area contributed by atoms with E-state index in [-0.39, 0.29) is 13.2 Å². The number of rotatable bonds is 4. The van der Waals surface area contributed by atoms with Gasteiger partial charge in [-0.15, -0.1) is 0 Å². The Bertz CT molecular complexity index is 514. The van der Waals surface area contributed by atoms with Crippen LogP contribution in [0, 0.1) is 0 Å². The minimum absolute atomic E-state index is 0.0102. The van der Waals surface area contributed by atoms with Crippen molar-refractivity contribution >= 4 is 51.6 Å². The quantitative estimate of drug-likeness (QED) is 0.657. The molecule has 0 unspecified atom stereocenters. The fraction of sp³-hybridized carbons (Fsp3) is 0.167. The number of hydrogen-bond donors (Lipinski definition) is 2. The van der Waals surface area contributed by atoms with Crippen molar-refractivity contribution in [2.75, 3.05) is 13.2 Å². The second-order valence-electron chi connectivity index (χ2n) is 3.46. The largest absolute Gasteiger partial charge is 0.491 e. The molecule has 1 heterocycles. The molecule has 0 atom stereocenters. The molecule has 94 valence electrons. The molecule has 0 bridgehead atoms. The maximum atomic E-state index is 8.79. The normalized spacial score (nSPS) is 17.1. The summed E-state index contributed by atoms with van der Waals surface area (Å²) in [6.07, 6.45) is 1.94. The molecule has 0 amide bonds. The van der Waals surface area contributed by atoms with E-state index in [0.29, 0.717) is 9.31 Å². The van der Waals surface area contributed by atoms with Gasteiger partial charge in [0.25, 0.3) is 0 Å². The van der Waals surface area contributed by atoms with Crippen LogP contribution < -0.4 is 10.1 Å². The van der Waals surface area contributed by atoms with E-state index in [1.165, 1.54) is 11.8 Å². The van der Waals surface area contributed by atoms with E-state index in [2.05, 4.69) is 5.32 Å². The molecule has 18 heavy (non-hydrogen) atoms. The van der Waals surface area contributed by atoms with Gasteiger partial charge in [-0.3, -0.25) is 0 Å². The van der Waals surface area contributed by atoms with Gasteiger partial charge in [-0.25, -0.2) is 0 Å². The summed E-state index contributed by atoms with van der Waals surface area (Å²) < 4.78 is 6.12. The second-order valence-corrected chi connectivity index (χ2v) is 5.59. The topological polar surface area (TPSA) is 41.5 Å². The highest BCUT2D eigenvalue weighted by Gasteiger charge is 2.18. The van der Waals surface area contributed by atoms with Crippen LogP contribution in [-0.4, -0.2) is 27.6 Å². The average molecular weight is 297 g/mol. The monoisotopic (exact) mass is 297 g/mol. The van der Waals surface area contributed by atoms with Crippen molar-refractivity contribution < 1.29 is 9.84 Å². The van der Waals surface area contributed by atoms with Crippen molar-refractivity contribution in [2.24, 2.45) is 0 Å². The van der Waals surface area contributed by atoms with Crippen molar-refractivity contribution in [2.45, 2.75) is 0 Å². The summed E-state index contributed by atoms with van der Waals surface area (Å²) >= 11 is 11.7. The number of hydrogen-bond acceptors (Lipinski definition) is 5. The third-order valence-corrected chi connectivity index (χ3v) is 3.83. The number of ether oxygens (including phenoxy) is 1. The Morgan fingerprint density at radius 3 is 2.78 bits per heavy atom. The highest BCUT2D eigenvalue weighted by atomic mass is 32.2. The maximum Gasteiger partial charge on any atom is 0.143 e. The van der Waals surface area contributed by atoms with Crippen LogP contribution in [0.25, 0.3) is 6.08 Å². The van der Waals surface area contributed by atoms with E-state index in [1.54, 1.807) is 0 Å². The summed E-state index contributed by atoms with van der Waals surface area (Å²) in [6.45, 7) is 0.262. The van der Waals surface area contributed by atoms with Gasteiger partial charge >= 0.3 is 0 Å². The van der Waals surface area contributed by atoms with Crippen molar-refractivity contribution in [1.82, 2.24) is 5.32 Å². The first kappa shape index (κ1) is 13.5. The zero-order valence-electron chi connectivity index (χ0n) is 9.38. The van der Waals surface area contributed by atoms with E-state index in [0.717, 1.165) is 16.2 Å². The lowest BCUT2D eigenvalue weighted by molar-refractivity contribution is 0.201. The predicted octanol–water partition coefficient (Wildman–Crippen LogP) is 2.35. The molecule has 1 aliphatic heterocycles. The number of thioether (sulfide) groups is 1. The Morgan fingerprint density at radius 1 is 1.33 bits per heavy atom. The fourth-order valence-corrected chi connectivity index (χ4v) is 2.92. The molecule has 0 aromatic heterocycles. The molecule has 0 spiro atoms. The molecule has 1 aromatic rings. The van der Waals surface area contributed by atoms with Crippen LogP contribution in [-0.2, 0) is 0 Å². The second kappa shape index (κ2) is 6.29. The van der Waals surface area contributed by atoms with Crippen molar-refractivity contribution in [3.8, 4) is 5.75 Å². The van der Waals surface area contributed by atoms with Crippen LogP contribution in [0.5, 0.6) is 5.75 Å². The zero-order valence-corrected chi connectivity index (χ0v) is 11.8. The Balaban J connectivity index is 2.25. The average Bonchev–Trinajstić information content (AvgIpc) is 2.67. The molecular weight excluding hydrogens is 286 g/mol. The SMILES string of the molecule is OCCOc1ccccc1C=C1SC(=S)NC1=S. The number of benzene rings is 1. The van der Waals surface area contributed by atoms with Crippen molar-refractivity contribution in [3.05, 3.63) is 34.7 Å². The molecule has 0 radical (unpaired) electrons. The summed E-state index contributed by atoms with van der Waals surface area (Å²) in [6, 6.07) is 7.60. The van der Waals surface area contributed by atoms with Crippen LogP contribution in [0.1, 0.15) is 5.56 Å². The van der Waals surface area contributed by atoms with Gasteiger partial charge in [0.2, 0.25) is 0 Å². The van der Waals surface area contributed by atoms with Crippen LogP contribution >= 0.6 is 36.2 Å². The van der Waals surface area contributed by atoms with E-state index in [1.807, 2.05) is 30.3 Å². The van der Waals surface area contributed by atoms with Gasteiger partial charge in [0, 0.05) is 5.56 Å². The van der Waals surface area contributed by atoms with Crippen molar-refractivity contribution in [1.29, 1.82) is 0 Å². The van der Waals surface area contributed by atoms with Crippen LogP contribution in [0.2, 0.25) is 0 Å². The third kappa shape index (κ3) is 3.29. The number of thiocarbonyl (C=S) groups is 2. The Labute approximate surface area is 120 Å². The lowest BCUT2D eigenvalue weighted by Gasteiger charge is -2.07. The molecule has 1 aromatic carbocycles. The highest BCUT2D eigenvalue weighted by Crippen LogP contribution is 2.29. The van der Waals surface area contributed by atoms with E-state index >= 15 is 0 Å². The Kier molecular flexibility index (Phi) is 4.71. The van der Waals surface area contributed by atoms with Gasteiger partial charge in [-0.1, -0.05) is 54.4 Å². The molecule has 0 aliphatic carbocycles. The summed E-state index contributed by atoms with van der Waals surface area (Å²) in [4.78, 5) is 1.55. The number of aliphatic hydroxyl groups is 1. The molecule has 1 aliphatic rings. The molecule has 6 heteroatoms. The summed E-state index contributed by atoms with van der Waals surface area (Å²) in [5.74, 6) is 0.722. The predicted molar refractivity (Wildman–Crippen MR) is 82.9 cm³/mol. The fourth-order valence-electron chi connectivity index (χ4n) is 1.45. The Morgan fingerprint density at radius 2 is 2.11 bits per heavy atom. The third-order valence-electron chi connectivity index (χ3n) is 2.20. The molecule has 1 fully saturated rings. The number of para-hydroxylation sites is 1. The van der Waals surface area contributed by atoms with Gasteiger partial charge in [-0.2, -0.15) is 0 Å². The lowest BCUT2D eigenvalue weighted by Crippen LogP contribution is -2.15. The lowest BCUT2D eigenvalue weighted by atomic mass is 10.2. The molecule has 2 N–H and O–H groups in total. The van der Waals surface area contributed by atoms with Crippen LogP contribution in [0.4, 0.5) is 0 Å².